The van der Waals surface area contributed by atoms with E-state index in [4.69, 9.17) is 18.7 Å². The highest BCUT2D eigenvalue weighted by Gasteiger charge is 2.18. The molecule has 4 rings (SSSR count). The van der Waals surface area contributed by atoms with Crippen LogP contribution >= 0.6 is 0 Å². The Morgan fingerprint density at radius 1 is 1.18 bits per heavy atom. The first-order valence-electron chi connectivity index (χ1n) is 8.96. The number of benzene rings is 1. The van der Waals surface area contributed by atoms with Crippen molar-refractivity contribution in [3.63, 3.8) is 0 Å². The SMILES string of the molecule is Cc1cc(-n2c(C)cc(C(=O)NCCOc3ccc4c(c3)OCO4)c2C)no1. The molecule has 1 aliphatic rings. The fourth-order valence-corrected chi connectivity index (χ4v) is 3.20. The van der Waals surface area contributed by atoms with Crippen molar-refractivity contribution in [2.24, 2.45) is 0 Å². The molecule has 0 unspecified atom stereocenters. The number of hydrogen-bond donors (Lipinski definition) is 1. The second-order valence-corrected chi connectivity index (χ2v) is 6.54. The second kappa shape index (κ2) is 7.30. The third kappa shape index (κ3) is 3.40. The van der Waals surface area contributed by atoms with Crippen molar-refractivity contribution in [3.05, 3.63) is 53.0 Å². The zero-order chi connectivity index (χ0) is 19.7. The van der Waals surface area contributed by atoms with Crippen LogP contribution in [0.1, 0.15) is 27.5 Å². The van der Waals surface area contributed by atoms with Crippen LogP contribution in [0.15, 0.2) is 34.9 Å². The van der Waals surface area contributed by atoms with Gasteiger partial charge in [0.2, 0.25) is 6.79 Å². The Hall–Kier alpha value is -3.42. The van der Waals surface area contributed by atoms with Crippen molar-refractivity contribution in [2.75, 3.05) is 19.9 Å². The summed E-state index contributed by atoms with van der Waals surface area (Å²) >= 11 is 0. The van der Waals surface area contributed by atoms with Gasteiger partial charge in [0.05, 0.1) is 12.1 Å². The Balaban J connectivity index is 1.35. The molecular formula is C20H21N3O5. The van der Waals surface area contributed by atoms with Crippen molar-refractivity contribution in [1.82, 2.24) is 15.0 Å². The number of aromatic nitrogens is 2. The predicted molar refractivity (Wildman–Crippen MR) is 100 cm³/mol. The van der Waals surface area contributed by atoms with Crippen molar-refractivity contribution >= 4 is 5.91 Å². The van der Waals surface area contributed by atoms with Gasteiger partial charge in [0, 0.05) is 23.5 Å². The highest BCUT2D eigenvalue weighted by molar-refractivity contribution is 5.95. The van der Waals surface area contributed by atoms with Crippen LogP contribution in [-0.4, -0.2) is 35.6 Å². The van der Waals surface area contributed by atoms with Crippen LogP contribution in [0.2, 0.25) is 0 Å². The normalized spacial score (nSPS) is 12.2. The molecule has 146 valence electrons. The Morgan fingerprint density at radius 3 is 2.79 bits per heavy atom. The van der Waals surface area contributed by atoms with Crippen LogP contribution in [0, 0.1) is 20.8 Å². The number of nitrogens with zero attached hydrogens (tertiary/aromatic N) is 2. The first-order valence-corrected chi connectivity index (χ1v) is 8.96. The summed E-state index contributed by atoms with van der Waals surface area (Å²) in [5.41, 5.74) is 2.31. The van der Waals surface area contributed by atoms with E-state index >= 15 is 0 Å². The maximum absolute atomic E-state index is 12.6. The maximum atomic E-state index is 12.6. The number of aryl methyl sites for hydroxylation is 2. The van der Waals surface area contributed by atoms with Crippen LogP contribution in [0.4, 0.5) is 0 Å². The lowest BCUT2D eigenvalue weighted by atomic mass is 10.2. The molecule has 0 saturated heterocycles. The van der Waals surface area contributed by atoms with Gasteiger partial charge in [-0.1, -0.05) is 5.16 Å². The minimum absolute atomic E-state index is 0.158. The summed E-state index contributed by atoms with van der Waals surface area (Å²) in [5.74, 6) is 3.26. The predicted octanol–water partition coefficient (Wildman–Crippen LogP) is 2.93. The topological polar surface area (TPSA) is 87.8 Å². The van der Waals surface area contributed by atoms with E-state index in [1.807, 2.05) is 43.5 Å². The highest BCUT2D eigenvalue weighted by atomic mass is 16.7. The number of nitrogens with one attached hydrogen (secondary N) is 1. The van der Waals surface area contributed by atoms with Gasteiger partial charge in [-0.2, -0.15) is 0 Å². The van der Waals surface area contributed by atoms with Gasteiger partial charge < -0.3 is 24.1 Å². The van der Waals surface area contributed by atoms with Gasteiger partial charge in [-0.3, -0.25) is 9.36 Å². The average Bonchev–Trinajstić information content (AvgIpc) is 3.37. The summed E-state index contributed by atoms with van der Waals surface area (Å²) in [6, 6.07) is 9.06. The van der Waals surface area contributed by atoms with E-state index in [2.05, 4.69) is 10.5 Å². The van der Waals surface area contributed by atoms with Gasteiger partial charge in [0.25, 0.3) is 5.91 Å². The molecule has 0 aliphatic carbocycles. The fourth-order valence-electron chi connectivity index (χ4n) is 3.20. The van der Waals surface area contributed by atoms with E-state index in [9.17, 15) is 4.79 Å². The van der Waals surface area contributed by atoms with E-state index in [1.165, 1.54) is 0 Å². The van der Waals surface area contributed by atoms with Gasteiger partial charge in [0.1, 0.15) is 18.1 Å². The molecule has 8 nitrogen and oxygen atoms in total. The molecule has 0 saturated carbocycles. The first-order chi connectivity index (χ1) is 13.5. The molecule has 0 radical (unpaired) electrons. The van der Waals surface area contributed by atoms with E-state index in [0.717, 1.165) is 11.4 Å². The number of carbonyl (C=O) groups is 1. The fraction of sp³-hybridized carbons (Fsp3) is 0.300. The minimum atomic E-state index is -0.158. The van der Waals surface area contributed by atoms with Gasteiger partial charge in [-0.05, 0) is 39.0 Å². The van der Waals surface area contributed by atoms with E-state index in [0.29, 0.717) is 47.5 Å². The molecule has 0 atom stereocenters. The van der Waals surface area contributed by atoms with E-state index in [1.54, 1.807) is 12.1 Å². The molecule has 3 aromatic rings. The maximum Gasteiger partial charge on any atom is 0.253 e. The van der Waals surface area contributed by atoms with Crippen LogP contribution < -0.4 is 19.5 Å². The van der Waals surface area contributed by atoms with Gasteiger partial charge >= 0.3 is 0 Å². The monoisotopic (exact) mass is 383 g/mol. The summed E-state index contributed by atoms with van der Waals surface area (Å²) in [4.78, 5) is 12.6. The van der Waals surface area contributed by atoms with Crippen LogP contribution in [0.25, 0.3) is 5.82 Å². The molecule has 1 amide bonds. The first kappa shape index (κ1) is 18.0. The smallest absolute Gasteiger partial charge is 0.253 e. The van der Waals surface area contributed by atoms with Crippen LogP contribution in [0.5, 0.6) is 17.2 Å². The molecule has 1 aliphatic heterocycles. The van der Waals surface area contributed by atoms with Crippen molar-refractivity contribution < 1.29 is 23.5 Å². The standard InChI is InChI=1S/C20H21N3O5/c1-12-8-16(14(3)23(12)19-9-13(2)28-22-19)20(24)21-6-7-25-15-4-5-17-18(10-15)27-11-26-17/h4-5,8-10H,6-7,11H2,1-3H3,(H,21,24). The lowest BCUT2D eigenvalue weighted by Gasteiger charge is -2.09. The summed E-state index contributed by atoms with van der Waals surface area (Å²) in [5, 5.41) is 6.91. The Labute approximate surface area is 162 Å². The lowest BCUT2D eigenvalue weighted by Crippen LogP contribution is -2.28. The second-order valence-electron chi connectivity index (χ2n) is 6.54. The van der Waals surface area contributed by atoms with E-state index in [-0.39, 0.29) is 12.7 Å². The van der Waals surface area contributed by atoms with Crippen molar-refractivity contribution in [1.29, 1.82) is 0 Å². The number of ether oxygens (including phenoxy) is 3. The van der Waals surface area contributed by atoms with Crippen LogP contribution in [-0.2, 0) is 0 Å². The minimum Gasteiger partial charge on any atom is -0.492 e. The zero-order valence-corrected chi connectivity index (χ0v) is 15.9. The molecule has 1 aromatic carbocycles. The third-order valence-corrected chi connectivity index (χ3v) is 4.52. The van der Waals surface area contributed by atoms with Gasteiger partial charge in [0.15, 0.2) is 17.3 Å². The molecule has 0 fully saturated rings. The highest BCUT2D eigenvalue weighted by Crippen LogP contribution is 2.35. The molecular weight excluding hydrogens is 362 g/mol. The quantitative estimate of drug-likeness (QED) is 0.659. The molecule has 3 heterocycles. The molecule has 2 aromatic heterocycles. The molecule has 28 heavy (non-hydrogen) atoms. The Bertz CT molecular complexity index is 1020. The number of hydrogen-bond acceptors (Lipinski definition) is 6. The third-order valence-electron chi connectivity index (χ3n) is 4.52. The van der Waals surface area contributed by atoms with Gasteiger partial charge in [-0.15, -0.1) is 0 Å². The number of fused-ring (bicyclic) bond motifs is 1. The summed E-state index contributed by atoms with van der Waals surface area (Å²) in [7, 11) is 0. The lowest BCUT2D eigenvalue weighted by molar-refractivity contribution is 0.0946. The molecule has 8 heteroatoms. The Kier molecular flexibility index (Phi) is 4.68. The average molecular weight is 383 g/mol. The van der Waals surface area contributed by atoms with Crippen LogP contribution in [0.3, 0.4) is 0 Å². The molecule has 0 spiro atoms. The molecule has 1 N–H and O–H groups in total. The zero-order valence-electron chi connectivity index (χ0n) is 15.9. The number of amides is 1. The van der Waals surface area contributed by atoms with Crippen molar-refractivity contribution in [2.45, 2.75) is 20.8 Å². The summed E-state index contributed by atoms with van der Waals surface area (Å²) < 4.78 is 23.3. The van der Waals surface area contributed by atoms with E-state index < -0.39 is 0 Å². The van der Waals surface area contributed by atoms with Crippen molar-refractivity contribution in [3.8, 4) is 23.1 Å². The summed E-state index contributed by atoms with van der Waals surface area (Å²) in [6.45, 7) is 6.58. The molecule has 0 bridgehead atoms. The number of carbonyl (C=O) groups excluding carboxylic acids is 1. The van der Waals surface area contributed by atoms with Gasteiger partial charge in [-0.25, -0.2) is 0 Å². The number of rotatable bonds is 6. The summed E-state index contributed by atoms with van der Waals surface area (Å²) in [6.07, 6.45) is 0. The largest absolute Gasteiger partial charge is 0.492 e. The Morgan fingerprint density at radius 2 is 2.00 bits per heavy atom.